The van der Waals surface area contributed by atoms with Crippen LogP contribution in [-0.4, -0.2) is 55.5 Å². The van der Waals surface area contributed by atoms with E-state index in [9.17, 15) is 4.79 Å². The Kier molecular flexibility index (Phi) is 3.19. The summed E-state index contributed by atoms with van der Waals surface area (Å²) in [5, 5.41) is 11.9. The molecule has 2 aromatic heterocycles. The van der Waals surface area contributed by atoms with E-state index in [0.29, 0.717) is 44.5 Å². The third kappa shape index (κ3) is 2.32. The fraction of sp³-hybridized carbons (Fsp3) is 0.625. The average molecular weight is 328 g/mol. The molecule has 0 atom stereocenters. The van der Waals surface area contributed by atoms with E-state index < -0.39 is 0 Å². The first-order chi connectivity index (χ1) is 11.8. The van der Waals surface area contributed by atoms with Gasteiger partial charge in [0.15, 0.2) is 11.5 Å². The maximum Gasteiger partial charge on any atom is 0.274 e. The fourth-order valence-corrected chi connectivity index (χ4v) is 3.48. The second-order valence-electron chi connectivity index (χ2n) is 6.76. The number of carbonyl (C=O) groups excluding carboxylic acids is 1. The Morgan fingerprint density at radius 1 is 1.21 bits per heavy atom. The molecule has 0 radical (unpaired) electrons. The van der Waals surface area contributed by atoms with Crippen molar-refractivity contribution in [1.29, 1.82) is 0 Å². The van der Waals surface area contributed by atoms with Crippen molar-refractivity contribution in [2.45, 2.75) is 44.8 Å². The lowest BCUT2D eigenvalue weighted by atomic mass is 10.1. The average Bonchev–Trinajstić information content (AvgIpc) is 3.30. The Morgan fingerprint density at radius 3 is 3.00 bits per heavy atom. The number of carbonyl (C=O) groups is 1. The largest absolute Gasteiger partial charge is 0.376 e. The lowest BCUT2D eigenvalue weighted by molar-refractivity contribution is 0.0738. The van der Waals surface area contributed by atoms with Crippen LogP contribution in [0.5, 0.6) is 0 Å². The first kappa shape index (κ1) is 14.2. The van der Waals surface area contributed by atoms with E-state index in [2.05, 4.69) is 20.3 Å². The summed E-state index contributed by atoms with van der Waals surface area (Å²) in [6.45, 7) is 3.15. The van der Waals surface area contributed by atoms with Crippen LogP contribution >= 0.6 is 0 Å². The van der Waals surface area contributed by atoms with E-state index in [4.69, 9.17) is 4.74 Å². The minimum Gasteiger partial charge on any atom is -0.376 e. The van der Waals surface area contributed by atoms with Crippen LogP contribution in [0.2, 0.25) is 0 Å². The number of hydrogen-bond acceptors (Lipinski definition) is 5. The van der Waals surface area contributed by atoms with Gasteiger partial charge < -0.3 is 9.64 Å². The number of amides is 1. The van der Waals surface area contributed by atoms with Gasteiger partial charge in [0, 0.05) is 43.1 Å². The molecule has 1 amide bonds. The lowest BCUT2D eigenvalue weighted by Gasteiger charge is -2.20. The minimum absolute atomic E-state index is 0.0221. The molecule has 0 bridgehead atoms. The Morgan fingerprint density at radius 2 is 2.12 bits per heavy atom. The van der Waals surface area contributed by atoms with Gasteiger partial charge in [-0.2, -0.15) is 10.2 Å². The summed E-state index contributed by atoms with van der Waals surface area (Å²) >= 11 is 0. The summed E-state index contributed by atoms with van der Waals surface area (Å²) in [6.07, 6.45) is 3.95. The number of ether oxygens (including phenoxy) is 1. The summed E-state index contributed by atoms with van der Waals surface area (Å²) in [4.78, 5) is 19.4. The number of fused-ring (bicyclic) bond motifs is 2. The zero-order valence-corrected chi connectivity index (χ0v) is 13.5. The van der Waals surface area contributed by atoms with Crippen LogP contribution in [0.1, 0.15) is 52.2 Å². The zero-order chi connectivity index (χ0) is 16.1. The molecular weight excluding hydrogens is 308 g/mol. The molecule has 126 valence electrons. The Labute approximate surface area is 139 Å². The highest BCUT2D eigenvalue weighted by Crippen LogP contribution is 2.38. The van der Waals surface area contributed by atoms with Crippen molar-refractivity contribution < 1.29 is 9.53 Å². The van der Waals surface area contributed by atoms with Crippen molar-refractivity contribution in [3.63, 3.8) is 0 Å². The SMILES string of the molecule is O=C(c1n[nH]c2c1COCC2)N1CCc2nc(C3CC3)nn2CC1. The molecule has 0 aromatic carbocycles. The predicted molar refractivity (Wildman–Crippen MR) is 83.6 cm³/mol. The van der Waals surface area contributed by atoms with Gasteiger partial charge in [-0.1, -0.05) is 0 Å². The molecule has 8 heteroatoms. The monoisotopic (exact) mass is 328 g/mol. The topological polar surface area (TPSA) is 88.9 Å². The van der Waals surface area contributed by atoms with Crippen LogP contribution in [0.25, 0.3) is 0 Å². The molecule has 2 aromatic rings. The van der Waals surface area contributed by atoms with Gasteiger partial charge in [-0.3, -0.25) is 9.89 Å². The number of rotatable bonds is 2. The van der Waals surface area contributed by atoms with Gasteiger partial charge in [-0.15, -0.1) is 0 Å². The van der Waals surface area contributed by atoms with Gasteiger partial charge >= 0.3 is 0 Å². The van der Waals surface area contributed by atoms with Gasteiger partial charge in [0.05, 0.1) is 19.8 Å². The van der Waals surface area contributed by atoms with E-state index in [1.165, 1.54) is 12.8 Å². The maximum atomic E-state index is 12.9. The summed E-state index contributed by atoms with van der Waals surface area (Å²) in [5.41, 5.74) is 2.46. The quantitative estimate of drug-likeness (QED) is 0.874. The van der Waals surface area contributed by atoms with Crippen molar-refractivity contribution in [2.24, 2.45) is 0 Å². The smallest absolute Gasteiger partial charge is 0.274 e. The molecule has 1 saturated carbocycles. The molecule has 0 unspecified atom stereocenters. The van der Waals surface area contributed by atoms with Crippen molar-refractivity contribution >= 4 is 5.91 Å². The van der Waals surface area contributed by atoms with Crippen LogP contribution in [0.15, 0.2) is 0 Å². The van der Waals surface area contributed by atoms with Crippen LogP contribution in [0, 0.1) is 0 Å². The molecule has 1 fully saturated rings. The van der Waals surface area contributed by atoms with Crippen LogP contribution in [0.4, 0.5) is 0 Å². The Hall–Kier alpha value is -2.22. The number of H-pyrrole nitrogens is 1. The third-order valence-electron chi connectivity index (χ3n) is 5.08. The van der Waals surface area contributed by atoms with Crippen molar-refractivity contribution in [3.8, 4) is 0 Å². The molecule has 1 N–H and O–H groups in total. The van der Waals surface area contributed by atoms with Gasteiger partial charge in [-0.25, -0.2) is 9.67 Å². The van der Waals surface area contributed by atoms with Crippen molar-refractivity contribution in [1.82, 2.24) is 29.9 Å². The van der Waals surface area contributed by atoms with E-state index >= 15 is 0 Å². The van der Waals surface area contributed by atoms with Gasteiger partial charge in [-0.05, 0) is 12.8 Å². The Balaban J connectivity index is 1.34. The summed E-state index contributed by atoms with van der Waals surface area (Å²) in [5.74, 6) is 2.53. The van der Waals surface area contributed by atoms with Gasteiger partial charge in [0.25, 0.3) is 5.91 Å². The first-order valence-electron chi connectivity index (χ1n) is 8.66. The highest BCUT2D eigenvalue weighted by Gasteiger charge is 2.31. The molecule has 0 spiro atoms. The second-order valence-corrected chi connectivity index (χ2v) is 6.76. The van der Waals surface area contributed by atoms with Crippen LogP contribution in [0.3, 0.4) is 0 Å². The highest BCUT2D eigenvalue weighted by atomic mass is 16.5. The summed E-state index contributed by atoms with van der Waals surface area (Å²) in [6, 6.07) is 0. The van der Waals surface area contributed by atoms with Crippen LogP contribution in [-0.2, 0) is 30.7 Å². The molecule has 1 aliphatic carbocycles. The maximum absolute atomic E-state index is 12.9. The number of nitrogens with zero attached hydrogens (tertiary/aromatic N) is 5. The minimum atomic E-state index is -0.0221. The molecular formula is C16H20N6O2. The van der Waals surface area contributed by atoms with E-state index in [0.717, 1.165) is 35.7 Å². The van der Waals surface area contributed by atoms with E-state index in [1.54, 1.807) is 0 Å². The number of hydrogen-bond donors (Lipinski definition) is 1. The van der Waals surface area contributed by atoms with E-state index in [1.807, 2.05) is 9.58 Å². The normalized spacial score (nSPS) is 20.4. The molecule has 5 rings (SSSR count). The number of aromatic amines is 1. The molecule has 3 aliphatic rings. The predicted octanol–water partition coefficient (Wildman–Crippen LogP) is 0.650. The first-order valence-corrected chi connectivity index (χ1v) is 8.66. The van der Waals surface area contributed by atoms with Crippen molar-refractivity contribution in [3.05, 3.63) is 28.6 Å². The summed E-state index contributed by atoms with van der Waals surface area (Å²) in [7, 11) is 0. The number of aromatic nitrogens is 5. The van der Waals surface area contributed by atoms with Gasteiger partial charge in [0.1, 0.15) is 5.82 Å². The lowest BCUT2D eigenvalue weighted by Crippen LogP contribution is -2.34. The third-order valence-corrected chi connectivity index (χ3v) is 5.08. The summed E-state index contributed by atoms with van der Waals surface area (Å²) < 4.78 is 7.46. The highest BCUT2D eigenvalue weighted by molar-refractivity contribution is 5.94. The molecule has 4 heterocycles. The second kappa shape index (κ2) is 5.41. The molecule has 8 nitrogen and oxygen atoms in total. The number of nitrogens with one attached hydrogen (secondary N) is 1. The fourth-order valence-electron chi connectivity index (χ4n) is 3.48. The standard InChI is InChI=1S/C16H20N6O2/c23-16(14-11-9-24-8-4-12(11)18-19-14)21-5-3-13-17-15(10-1-2-10)20-22(13)7-6-21/h10H,1-9H2,(H,18,19). The molecule has 2 aliphatic heterocycles. The molecule has 0 saturated heterocycles. The molecule has 24 heavy (non-hydrogen) atoms. The van der Waals surface area contributed by atoms with E-state index in [-0.39, 0.29) is 5.91 Å². The zero-order valence-electron chi connectivity index (χ0n) is 13.5. The van der Waals surface area contributed by atoms with Crippen molar-refractivity contribution in [2.75, 3.05) is 19.7 Å². The van der Waals surface area contributed by atoms with Crippen LogP contribution < -0.4 is 0 Å². The van der Waals surface area contributed by atoms with Gasteiger partial charge in [0.2, 0.25) is 0 Å². The Bertz CT molecular complexity index is 765.